The number of ether oxygens (including phenoxy) is 1. The van der Waals surface area contributed by atoms with Gasteiger partial charge in [-0.3, -0.25) is 4.79 Å². The molecule has 4 nitrogen and oxygen atoms in total. The number of fused-ring (bicyclic) bond motifs is 1. The lowest BCUT2D eigenvalue weighted by Crippen LogP contribution is -2.38. The molecule has 0 aromatic heterocycles. The molecule has 1 unspecified atom stereocenters. The van der Waals surface area contributed by atoms with E-state index >= 15 is 0 Å². The number of methoxy groups -OCH3 is 1. The van der Waals surface area contributed by atoms with Gasteiger partial charge in [0.1, 0.15) is 6.04 Å². The number of rotatable bonds is 7. The molecule has 0 bridgehead atoms. The molecule has 2 N–H and O–H groups in total. The van der Waals surface area contributed by atoms with Crippen molar-refractivity contribution in [1.29, 1.82) is 0 Å². The Bertz CT molecular complexity index is 474. The number of hydrogen-bond donors (Lipinski definition) is 2. The van der Waals surface area contributed by atoms with E-state index in [1.54, 1.807) is 7.11 Å². The van der Waals surface area contributed by atoms with Crippen molar-refractivity contribution in [2.45, 2.75) is 45.1 Å². The van der Waals surface area contributed by atoms with Gasteiger partial charge in [-0.05, 0) is 56.2 Å². The van der Waals surface area contributed by atoms with Gasteiger partial charge in [0.2, 0.25) is 5.91 Å². The first-order valence-corrected chi connectivity index (χ1v) is 7.86. The highest BCUT2D eigenvalue weighted by Gasteiger charge is 2.17. The van der Waals surface area contributed by atoms with E-state index in [1.165, 1.54) is 24.0 Å². The lowest BCUT2D eigenvalue weighted by molar-refractivity contribution is -0.121. The Morgan fingerprint density at radius 1 is 1.33 bits per heavy atom. The average molecular weight is 290 g/mol. The summed E-state index contributed by atoms with van der Waals surface area (Å²) >= 11 is 0. The molecule has 21 heavy (non-hydrogen) atoms. The quantitative estimate of drug-likeness (QED) is 0.759. The van der Waals surface area contributed by atoms with E-state index < -0.39 is 0 Å². The maximum absolute atomic E-state index is 12.1. The Morgan fingerprint density at radius 2 is 2.14 bits per heavy atom. The molecule has 0 saturated heterocycles. The first-order valence-electron chi connectivity index (χ1n) is 7.86. The topological polar surface area (TPSA) is 50.4 Å². The van der Waals surface area contributed by atoms with Crippen LogP contribution in [-0.2, 0) is 22.4 Å². The number of amides is 1. The molecule has 0 spiro atoms. The molecule has 0 saturated carbocycles. The summed E-state index contributed by atoms with van der Waals surface area (Å²) in [6.45, 7) is 3.24. The standard InChI is InChI=1S/C17H26N2O2/c1-13(17(20)18-11-6-12-21-2)19-16-10-5-8-14-7-3-4-9-15(14)16/h5,8,10,13,19H,3-4,6-7,9,11-12H2,1-2H3,(H,18,20). The predicted octanol–water partition coefficient (Wildman–Crippen LogP) is 2.52. The Morgan fingerprint density at radius 3 is 2.95 bits per heavy atom. The van der Waals surface area contributed by atoms with Crippen molar-refractivity contribution >= 4 is 11.6 Å². The molecular weight excluding hydrogens is 264 g/mol. The number of nitrogens with one attached hydrogen (secondary N) is 2. The second-order valence-electron chi connectivity index (χ2n) is 5.65. The van der Waals surface area contributed by atoms with Gasteiger partial charge in [-0.2, -0.15) is 0 Å². The van der Waals surface area contributed by atoms with Crippen LogP contribution in [0.4, 0.5) is 5.69 Å². The normalized spacial score (nSPS) is 15.1. The van der Waals surface area contributed by atoms with E-state index in [0.717, 1.165) is 24.9 Å². The molecule has 0 radical (unpaired) electrons. The molecular formula is C17H26N2O2. The van der Waals surface area contributed by atoms with Crippen molar-refractivity contribution in [3.8, 4) is 0 Å². The van der Waals surface area contributed by atoms with Gasteiger partial charge in [-0.1, -0.05) is 12.1 Å². The molecule has 116 valence electrons. The fraction of sp³-hybridized carbons (Fsp3) is 0.588. The van der Waals surface area contributed by atoms with Crippen LogP contribution >= 0.6 is 0 Å². The van der Waals surface area contributed by atoms with E-state index in [2.05, 4.69) is 28.8 Å². The van der Waals surface area contributed by atoms with Crippen molar-refractivity contribution in [2.24, 2.45) is 0 Å². The Balaban J connectivity index is 1.90. The minimum absolute atomic E-state index is 0.0412. The molecule has 2 rings (SSSR count). The molecule has 1 aromatic carbocycles. The molecule has 1 aromatic rings. The fourth-order valence-corrected chi connectivity index (χ4v) is 2.80. The first-order chi connectivity index (χ1) is 10.2. The average Bonchev–Trinajstić information content (AvgIpc) is 2.51. The van der Waals surface area contributed by atoms with Crippen molar-refractivity contribution in [2.75, 3.05) is 25.6 Å². The molecule has 4 heteroatoms. The number of benzene rings is 1. The summed E-state index contributed by atoms with van der Waals surface area (Å²) in [6.07, 6.45) is 5.62. The number of anilines is 1. The predicted molar refractivity (Wildman–Crippen MR) is 85.7 cm³/mol. The number of carbonyl (C=O) groups is 1. The summed E-state index contributed by atoms with van der Waals surface area (Å²) in [7, 11) is 1.67. The number of hydrogen-bond acceptors (Lipinski definition) is 3. The van der Waals surface area contributed by atoms with Crippen LogP contribution in [0.3, 0.4) is 0 Å². The smallest absolute Gasteiger partial charge is 0.242 e. The minimum atomic E-state index is -0.221. The van der Waals surface area contributed by atoms with Crippen LogP contribution in [0.1, 0.15) is 37.3 Å². The summed E-state index contributed by atoms with van der Waals surface area (Å²) in [5.74, 6) is 0.0412. The van der Waals surface area contributed by atoms with Gasteiger partial charge in [-0.15, -0.1) is 0 Å². The third kappa shape index (κ3) is 4.46. The highest BCUT2D eigenvalue weighted by molar-refractivity contribution is 5.84. The maximum atomic E-state index is 12.1. The lowest BCUT2D eigenvalue weighted by atomic mass is 9.90. The van der Waals surface area contributed by atoms with E-state index in [0.29, 0.717) is 13.2 Å². The Hall–Kier alpha value is -1.55. The third-order valence-corrected chi connectivity index (χ3v) is 3.99. The first kappa shape index (κ1) is 15.8. The van der Waals surface area contributed by atoms with E-state index in [-0.39, 0.29) is 11.9 Å². The van der Waals surface area contributed by atoms with Gasteiger partial charge < -0.3 is 15.4 Å². The molecule has 1 amide bonds. The second kappa shape index (κ2) is 8.03. The SMILES string of the molecule is COCCCNC(=O)C(C)Nc1cccc2c1CCCC2. The number of carbonyl (C=O) groups excluding carboxylic acids is 1. The summed E-state index contributed by atoms with van der Waals surface area (Å²) in [5.41, 5.74) is 3.94. The second-order valence-corrected chi connectivity index (χ2v) is 5.65. The highest BCUT2D eigenvalue weighted by Crippen LogP contribution is 2.28. The van der Waals surface area contributed by atoms with Crippen LogP contribution in [0, 0.1) is 0 Å². The maximum Gasteiger partial charge on any atom is 0.242 e. The fourth-order valence-electron chi connectivity index (χ4n) is 2.80. The van der Waals surface area contributed by atoms with E-state index in [1.807, 2.05) is 6.92 Å². The largest absolute Gasteiger partial charge is 0.385 e. The Labute approximate surface area is 127 Å². The minimum Gasteiger partial charge on any atom is -0.385 e. The molecule has 0 aliphatic heterocycles. The van der Waals surface area contributed by atoms with E-state index in [4.69, 9.17) is 4.74 Å². The van der Waals surface area contributed by atoms with Crippen molar-refractivity contribution < 1.29 is 9.53 Å². The number of aryl methyl sites for hydroxylation is 1. The summed E-state index contributed by atoms with van der Waals surface area (Å²) in [4.78, 5) is 12.1. The zero-order valence-electron chi connectivity index (χ0n) is 13.1. The van der Waals surface area contributed by atoms with Crippen LogP contribution < -0.4 is 10.6 Å². The van der Waals surface area contributed by atoms with Crippen LogP contribution in [0.2, 0.25) is 0 Å². The van der Waals surface area contributed by atoms with Crippen molar-refractivity contribution in [3.63, 3.8) is 0 Å². The van der Waals surface area contributed by atoms with Crippen molar-refractivity contribution in [1.82, 2.24) is 5.32 Å². The highest BCUT2D eigenvalue weighted by atomic mass is 16.5. The summed E-state index contributed by atoms with van der Waals surface area (Å²) in [6, 6.07) is 6.14. The summed E-state index contributed by atoms with van der Waals surface area (Å²) in [5, 5.41) is 6.30. The monoisotopic (exact) mass is 290 g/mol. The van der Waals surface area contributed by atoms with Gasteiger partial charge in [0.15, 0.2) is 0 Å². The Kier molecular flexibility index (Phi) is 6.05. The van der Waals surface area contributed by atoms with Crippen LogP contribution in [0.5, 0.6) is 0 Å². The van der Waals surface area contributed by atoms with E-state index in [9.17, 15) is 4.79 Å². The van der Waals surface area contributed by atoms with Gasteiger partial charge in [-0.25, -0.2) is 0 Å². The van der Waals surface area contributed by atoms with Crippen LogP contribution in [0.15, 0.2) is 18.2 Å². The van der Waals surface area contributed by atoms with Gasteiger partial charge in [0.25, 0.3) is 0 Å². The zero-order chi connectivity index (χ0) is 15.1. The van der Waals surface area contributed by atoms with Crippen LogP contribution in [0.25, 0.3) is 0 Å². The van der Waals surface area contributed by atoms with Gasteiger partial charge in [0, 0.05) is 25.9 Å². The molecule has 0 fully saturated rings. The zero-order valence-corrected chi connectivity index (χ0v) is 13.1. The third-order valence-electron chi connectivity index (χ3n) is 3.99. The van der Waals surface area contributed by atoms with Gasteiger partial charge in [0.05, 0.1) is 0 Å². The van der Waals surface area contributed by atoms with Crippen LogP contribution in [-0.4, -0.2) is 32.2 Å². The molecule has 1 aliphatic rings. The summed E-state index contributed by atoms with van der Waals surface area (Å²) < 4.78 is 4.98. The molecule has 1 atom stereocenters. The molecule has 1 aliphatic carbocycles. The van der Waals surface area contributed by atoms with Gasteiger partial charge >= 0.3 is 0 Å². The molecule has 0 heterocycles. The van der Waals surface area contributed by atoms with Crippen molar-refractivity contribution in [3.05, 3.63) is 29.3 Å². The lowest BCUT2D eigenvalue weighted by Gasteiger charge is -2.22.